The van der Waals surface area contributed by atoms with E-state index in [2.05, 4.69) is 31.9 Å². The van der Waals surface area contributed by atoms with E-state index in [9.17, 15) is 38.7 Å². The largest absolute Gasteiger partial charge is 0.550 e. The summed E-state index contributed by atoms with van der Waals surface area (Å²) in [6, 6.07) is 20.8. The first-order chi connectivity index (χ1) is 24.9. The maximum absolute atomic E-state index is 13.5. The molecule has 6 amide bonds. The van der Waals surface area contributed by atoms with E-state index in [1.807, 2.05) is 6.07 Å². The molecule has 0 fully saturated rings. The van der Waals surface area contributed by atoms with Crippen LogP contribution in [0.3, 0.4) is 0 Å². The van der Waals surface area contributed by atoms with E-state index in [0.717, 1.165) is 5.56 Å². The summed E-state index contributed by atoms with van der Waals surface area (Å²) in [6.45, 7) is 0.838. The molecular weight excluding hydrogens is 670 g/mol. The zero-order chi connectivity index (χ0) is 38.0. The lowest BCUT2D eigenvalue weighted by Gasteiger charge is -2.24. The first kappa shape index (κ1) is 40.3. The molecule has 8 N–H and O–H groups in total. The summed E-state index contributed by atoms with van der Waals surface area (Å²) >= 11 is 0. The Bertz CT molecular complexity index is 1680. The van der Waals surface area contributed by atoms with Gasteiger partial charge in [0.2, 0.25) is 35.4 Å². The molecule has 0 aliphatic rings. The molecule has 0 bridgehead atoms. The fourth-order valence-corrected chi connectivity index (χ4v) is 5.17. The van der Waals surface area contributed by atoms with E-state index in [0.29, 0.717) is 11.1 Å². The number of carbonyl (C=O) groups is 7. The van der Waals surface area contributed by atoms with Crippen molar-refractivity contribution in [2.75, 3.05) is 13.6 Å². The minimum atomic E-state index is -1.46. The van der Waals surface area contributed by atoms with Crippen LogP contribution in [0.4, 0.5) is 0 Å². The van der Waals surface area contributed by atoms with Crippen LogP contribution < -0.4 is 42.7 Å². The second kappa shape index (κ2) is 20.6. The topological polar surface area (TPSA) is 241 Å². The van der Waals surface area contributed by atoms with Gasteiger partial charge in [0, 0.05) is 31.7 Å². The average molecular weight is 715 g/mol. The third-order valence-corrected chi connectivity index (χ3v) is 8.00. The van der Waals surface area contributed by atoms with E-state index >= 15 is 0 Å². The molecule has 52 heavy (non-hydrogen) atoms. The van der Waals surface area contributed by atoms with Gasteiger partial charge in [0.25, 0.3) is 0 Å². The fourth-order valence-electron chi connectivity index (χ4n) is 5.17. The predicted octanol–water partition coefficient (Wildman–Crippen LogP) is -2.00. The van der Waals surface area contributed by atoms with Crippen LogP contribution in [0, 0.1) is 0 Å². The molecule has 3 aromatic carbocycles. The highest BCUT2D eigenvalue weighted by atomic mass is 16.4. The number of primary amides is 1. The number of carboxylic acids is 1. The smallest absolute Gasteiger partial charge is 0.243 e. The third kappa shape index (κ3) is 13.7. The van der Waals surface area contributed by atoms with Gasteiger partial charge in [0.1, 0.15) is 24.2 Å². The van der Waals surface area contributed by atoms with Crippen molar-refractivity contribution in [1.82, 2.24) is 31.9 Å². The minimum absolute atomic E-state index is 0.0305. The standard InChI is InChI=1S/C37H45N7O8/c1-23(34(49)43-27(33(38)48)18-24-12-6-3-7-13-24)41-37(52)30(20-26-16-10-5-11-17-26)42-31(45)22-40-35(50)29(19-25-14-8-4-9-15-25)44-36(51)28(39-2)21-32(46)47/h3-17,23,27-30,39H,18-22H2,1-2H3,(H2,38,48)(H,40,50)(H,41,52)(H,42,45)(H,43,49)(H,44,51)(H,46,47)/p-1/t23-,27-,28-,29?,30-/m0/s1. The Labute approximate surface area is 301 Å². The molecule has 276 valence electrons. The lowest BCUT2D eigenvalue weighted by molar-refractivity contribution is -0.306. The Morgan fingerprint density at radius 1 is 0.577 bits per heavy atom. The van der Waals surface area contributed by atoms with Gasteiger partial charge in [0.15, 0.2) is 0 Å². The fraction of sp³-hybridized carbons (Fsp3) is 0.324. The van der Waals surface area contributed by atoms with Crippen LogP contribution in [0.5, 0.6) is 0 Å². The van der Waals surface area contributed by atoms with Gasteiger partial charge >= 0.3 is 0 Å². The summed E-state index contributed by atoms with van der Waals surface area (Å²) in [5, 5.41) is 26.4. The number of benzene rings is 3. The van der Waals surface area contributed by atoms with E-state index in [4.69, 9.17) is 5.73 Å². The van der Waals surface area contributed by atoms with Crippen molar-refractivity contribution in [2.24, 2.45) is 5.73 Å². The molecule has 0 saturated carbocycles. The van der Waals surface area contributed by atoms with Gasteiger partial charge in [-0.3, -0.25) is 28.8 Å². The van der Waals surface area contributed by atoms with Gasteiger partial charge in [-0.25, -0.2) is 0 Å². The van der Waals surface area contributed by atoms with Crippen LogP contribution in [0.25, 0.3) is 0 Å². The third-order valence-electron chi connectivity index (χ3n) is 8.00. The van der Waals surface area contributed by atoms with Crippen LogP contribution in [0.15, 0.2) is 91.0 Å². The molecule has 0 aromatic heterocycles. The molecule has 0 saturated heterocycles. The SMILES string of the molecule is CN[C@@H](CC(=O)[O-])C(=O)NC(Cc1ccccc1)C(=O)NCC(=O)N[C@@H](Cc1ccccc1)C(=O)N[C@@H](C)C(=O)N[C@@H](Cc1ccccc1)C(N)=O. The van der Waals surface area contributed by atoms with E-state index in [-0.39, 0.29) is 19.3 Å². The van der Waals surface area contributed by atoms with E-state index in [1.165, 1.54) is 14.0 Å². The first-order valence-electron chi connectivity index (χ1n) is 16.6. The summed E-state index contributed by atoms with van der Waals surface area (Å²) in [5.41, 5.74) is 7.68. The molecule has 3 rings (SSSR count). The van der Waals surface area contributed by atoms with E-state index < -0.39 is 84.6 Å². The van der Waals surface area contributed by atoms with Gasteiger partial charge in [-0.1, -0.05) is 91.0 Å². The monoisotopic (exact) mass is 714 g/mol. The van der Waals surface area contributed by atoms with Crippen molar-refractivity contribution >= 4 is 41.4 Å². The average Bonchev–Trinajstić information content (AvgIpc) is 3.13. The van der Waals surface area contributed by atoms with E-state index in [1.54, 1.807) is 84.9 Å². The molecule has 15 heteroatoms. The lowest BCUT2D eigenvalue weighted by atomic mass is 10.0. The van der Waals surface area contributed by atoms with Crippen molar-refractivity contribution < 1.29 is 38.7 Å². The van der Waals surface area contributed by atoms with Crippen LogP contribution in [-0.2, 0) is 52.8 Å². The Morgan fingerprint density at radius 2 is 1.00 bits per heavy atom. The molecular formula is C37H44N7O8-. The molecule has 0 heterocycles. The Kier molecular flexibility index (Phi) is 15.9. The summed E-state index contributed by atoms with van der Waals surface area (Å²) in [6.07, 6.45) is -0.417. The predicted molar refractivity (Wildman–Crippen MR) is 189 cm³/mol. The first-order valence-corrected chi connectivity index (χ1v) is 16.6. The molecule has 0 radical (unpaired) electrons. The number of aliphatic carboxylic acids is 1. The summed E-state index contributed by atoms with van der Waals surface area (Å²) < 4.78 is 0. The number of nitrogens with two attached hydrogens (primary N) is 1. The molecule has 15 nitrogen and oxygen atoms in total. The number of likely N-dealkylation sites (N-methyl/N-ethyl adjacent to an activating group) is 1. The van der Waals surface area contributed by atoms with Gasteiger partial charge in [-0.05, 0) is 30.7 Å². The normalized spacial score (nSPS) is 13.6. The second-order valence-electron chi connectivity index (χ2n) is 12.1. The van der Waals surface area contributed by atoms with Gasteiger partial charge in [0.05, 0.1) is 12.6 Å². The van der Waals surface area contributed by atoms with Crippen molar-refractivity contribution in [3.05, 3.63) is 108 Å². The summed E-state index contributed by atoms with van der Waals surface area (Å²) in [5.74, 6) is -5.82. The number of hydrogen-bond donors (Lipinski definition) is 7. The molecule has 1 unspecified atom stereocenters. The Balaban J connectivity index is 1.67. The highest BCUT2D eigenvalue weighted by Crippen LogP contribution is 2.07. The van der Waals surface area contributed by atoms with Crippen molar-refractivity contribution in [3.8, 4) is 0 Å². The number of nitrogens with one attached hydrogen (secondary N) is 6. The molecule has 5 atom stereocenters. The maximum Gasteiger partial charge on any atom is 0.243 e. The number of carbonyl (C=O) groups excluding carboxylic acids is 7. The molecule has 0 aliphatic carbocycles. The highest BCUT2D eigenvalue weighted by molar-refractivity contribution is 5.96. The van der Waals surface area contributed by atoms with Crippen molar-refractivity contribution in [3.63, 3.8) is 0 Å². The Morgan fingerprint density at radius 3 is 1.44 bits per heavy atom. The lowest BCUT2D eigenvalue weighted by Crippen LogP contribution is -2.57. The van der Waals surface area contributed by atoms with Crippen LogP contribution in [-0.4, -0.2) is 85.2 Å². The number of carboxylic acid groups (broad SMARTS) is 1. The maximum atomic E-state index is 13.5. The molecule has 3 aromatic rings. The van der Waals surface area contributed by atoms with Crippen LogP contribution >= 0.6 is 0 Å². The van der Waals surface area contributed by atoms with Gasteiger partial charge < -0.3 is 47.5 Å². The van der Waals surface area contributed by atoms with Gasteiger partial charge in [-0.15, -0.1) is 0 Å². The second-order valence-corrected chi connectivity index (χ2v) is 12.1. The van der Waals surface area contributed by atoms with Crippen molar-refractivity contribution in [1.29, 1.82) is 0 Å². The number of amides is 6. The van der Waals surface area contributed by atoms with Crippen LogP contribution in [0.1, 0.15) is 30.0 Å². The quantitative estimate of drug-likeness (QED) is 0.0684. The van der Waals surface area contributed by atoms with Crippen LogP contribution in [0.2, 0.25) is 0 Å². The zero-order valence-electron chi connectivity index (χ0n) is 28.9. The Hall–Kier alpha value is -6.09. The summed E-state index contributed by atoms with van der Waals surface area (Å²) in [7, 11) is 1.39. The zero-order valence-corrected chi connectivity index (χ0v) is 28.9. The molecule has 0 aliphatic heterocycles. The summed E-state index contributed by atoms with van der Waals surface area (Å²) in [4.78, 5) is 89.0. The van der Waals surface area contributed by atoms with Crippen molar-refractivity contribution in [2.45, 2.75) is 62.8 Å². The number of hydrogen-bond acceptors (Lipinski definition) is 9. The van der Waals surface area contributed by atoms with Gasteiger partial charge in [-0.2, -0.15) is 0 Å². The highest BCUT2D eigenvalue weighted by Gasteiger charge is 2.29. The minimum Gasteiger partial charge on any atom is -0.550 e. The number of rotatable bonds is 20. The molecule has 0 spiro atoms.